The zero-order valence-corrected chi connectivity index (χ0v) is 10.2. The van der Waals surface area contributed by atoms with Crippen LogP contribution in [0.4, 0.5) is 0 Å². The Kier molecular flexibility index (Phi) is 4.01. The highest BCUT2D eigenvalue weighted by Crippen LogP contribution is 2.13. The van der Waals surface area contributed by atoms with Crippen LogP contribution in [0, 0.1) is 5.41 Å². The molecule has 7 heteroatoms. The van der Waals surface area contributed by atoms with E-state index in [4.69, 9.17) is 16.7 Å². The van der Waals surface area contributed by atoms with Gasteiger partial charge in [-0.15, -0.1) is 10.2 Å². The van der Waals surface area contributed by atoms with E-state index in [1.165, 1.54) is 26.0 Å². The van der Waals surface area contributed by atoms with Crippen LogP contribution in [0.1, 0.15) is 24.3 Å². The fourth-order valence-corrected chi connectivity index (χ4v) is 1.01. The average Bonchev–Trinajstić information content (AvgIpc) is 2.27. The molecule has 92 valence electrons. The fraction of sp³-hybridized carbons (Fsp3) is 0.400. The molecule has 1 aromatic heterocycles. The average molecular weight is 258 g/mol. The number of nitrogens with zero attached hydrogens (tertiary/aromatic N) is 2. The van der Waals surface area contributed by atoms with Gasteiger partial charge < -0.3 is 10.4 Å². The molecular formula is C10H12ClN3O3. The van der Waals surface area contributed by atoms with Crippen LogP contribution >= 0.6 is 11.6 Å². The van der Waals surface area contributed by atoms with Gasteiger partial charge in [-0.1, -0.05) is 11.6 Å². The summed E-state index contributed by atoms with van der Waals surface area (Å²) in [6.07, 6.45) is 0. The first kappa shape index (κ1) is 13.4. The highest BCUT2D eigenvalue weighted by molar-refractivity contribution is 6.29. The fourth-order valence-electron chi connectivity index (χ4n) is 0.905. The van der Waals surface area contributed by atoms with Crippen molar-refractivity contribution >= 4 is 23.5 Å². The second-order valence-corrected chi connectivity index (χ2v) is 4.50. The quantitative estimate of drug-likeness (QED) is 0.839. The number of rotatable bonds is 4. The summed E-state index contributed by atoms with van der Waals surface area (Å²) in [5.41, 5.74) is -0.939. The van der Waals surface area contributed by atoms with Gasteiger partial charge in [0.1, 0.15) is 0 Å². The molecule has 0 radical (unpaired) electrons. The maximum absolute atomic E-state index is 11.6. The predicted octanol–water partition coefficient (Wildman–Crippen LogP) is 0.971. The van der Waals surface area contributed by atoms with E-state index in [2.05, 4.69) is 15.5 Å². The minimum atomic E-state index is -1.03. The van der Waals surface area contributed by atoms with Gasteiger partial charge in [-0.25, -0.2) is 0 Å². The number of aliphatic carboxylic acids is 1. The molecule has 0 aliphatic heterocycles. The first-order chi connectivity index (χ1) is 7.83. The Hall–Kier alpha value is -1.69. The number of hydrogen-bond acceptors (Lipinski definition) is 4. The number of halogens is 1. The van der Waals surface area contributed by atoms with Gasteiger partial charge in [-0.3, -0.25) is 9.59 Å². The normalized spacial score (nSPS) is 11.0. The third-order valence-corrected chi connectivity index (χ3v) is 2.34. The van der Waals surface area contributed by atoms with Crippen molar-refractivity contribution in [2.45, 2.75) is 13.8 Å². The lowest BCUT2D eigenvalue weighted by atomic mass is 9.94. The lowest BCUT2D eigenvalue weighted by molar-refractivity contribution is -0.146. The summed E-state index contributed by atoms with van der Waals surface area (Å²) in [5, 5.41) is 18.6. The van der Waals surface area contributed by atoms with Crippen molar-refractivity contribution < 1.29 is 14.7 Å². The van der Waals surface area contributed by atoms with E-state index in [1.54, 1.807) is 0 Å². The number of aromatic nitrogens is 2. The maximum Gasteiger partial charge on any atom is 0.310 e. The minimum Gasteiger partial charge on any atom is -0.481 e. The Labute approximate surface area is 103 Å². The lowest BCUT2D eigenvalue weighted by Gasteiger charge is -2.19. The Bertz CT molecular complexity index is 431. The first-order valence-corrected chi connectivity index (χ1v) is 5.21. The summed E-state index contributed by atoms with van der Waals surface area (Å²) >= 11 is 5.52. The van der Waals surface area contributed by atoms with E-state index in [0.29, 0.717) is 0 Å². The second kappa shape index (κ2) is 5.09. The van der Waals surface area contributed by atoms with Crippen LogP contribution in [0.3, 0.4) is 0 Å². The second-order valence-electron chi connectivity index (χ2n) is 4.11. The van der Waals surface area contributed by atoms with Gasteiger partial charge in [0.25, 0.3) is 5.91 Å². The zero-order valence-electron chi connectivity index (χ0n) is 9.40. The maximum atomic E-state index is 11.6. The Morgan fingerprint density at radius 3 is 2.53 bits per heavy atom. The molecule has 0 spiro atoms. The molecule has 0 aliphatic rings. The van der Waals surface area contributed by atoms with Crippen molar-refractivity contribution in [2.24, 2.45) is 5.41 Å². The van der Waals surface area contributed by atoms with Gasteiger partial charge >= 0.3 is 5.97 Å². The number of nitrogens with one attached hydrogen (secondary N) is 1. The van der Waals surface area contributed by atoms with Crippen molar-refractivity contribution in [3.05, 3.63) is 23.0 Å². The van der Waals surface area contributed by atoms with Gasteiger partial charge in [-0.2, -0.15) is 0 Å². The Balaban J connectivity index is 2.62. The molecule has 0 saturated carbocycles. The molecule has 1 aromatic rings. The number of carbonyl (C=O) groups excluding carboxylic acids is 1. The van der Waals surface area contributed by atoms with E-state index in [9.17, 15) is 9.59 Å². The lowest BCUT2D eigenvalue weighted by Crippen LogP contribution is -2.39. The third kappa shape index (κ3) is 3.67. The summed E-state index contributed by atoms with van der Waals surface area (Å²) in [6, 6.07) is 2.85. The molecule has 0 fully saturated rings. The standard InChI is InChI=1S/C10H12ClN3O3/c1-10(2,9(16)17)5-12-8(15)6-3-4-7(11)14-13-6/h3-4H,5H2,1-2H3,(H,12,15)(H,16,17). The first-order valence-electron chi connectivity index (χ1n) is 4.84. The summed E-state index contributed by atoms with van der Waals surface area (Å²) < 4.78 is 0. The molecule has 0 aliphatic carbocycles. The van der Waals surface area contributed by atoms with Gasteiger partial charge in [0, 0.05) is 6.54 Å². The van der Waals surface area contributed by atoms with Crippen LogP contribution in [0.5, 0.6) is 0 Å². The molecule has 1 heterocycles. The topological polar surface area (TPSA) is 92.2 Å². The smallest absolute Gasteiger partial charge is 0.310 e. The van der Waals surface area contributed by atoms with Crippen molar-refractivity contribution in [2.75, 3.05) is 6.54 Å². The van der Waals surface area contributed by atoms with E-state index in [0.717, 1.165) is 0 Å². The summed E-state index contributed by atoms with van der Waals surface area (Å²) in [4.78, 5) is 22.4. The number of carboxylic acid groups (broad SMARTS) is 1. The van der Waals surface area contributed by atoms with Crippen LogP contribution in [-0.2, 0) is 4.79 Å². The highest BCUT2D eigenvalue weighted by atomic mass is 35.5. The van der Waals surface area contributed by atoms with E-state index in [-0.39, 0.29) is 17.4 Å². The molecule has 0 saturated heterocycles. The predicted molar refractivity (Wildman–Crippen MR) is 60.8 cm³/mol. The number of carbonyl (C=O) groups is 2. The van der Waals surface area contributed by atoms with Crippen LogP contribution in [-0.4, -0.2) is 33.7 Å². The number of amides is 1. The Morgan fingerprint density at radius 1 is 1.41 bits per heavy atom. The Morgan fingerprint density at radius 2 is 2.06 bits per heavy atom. The summed E-state index contributed by atoms with van der Waals surface area (Å²) in [5.74, 6) is -1.47. The molecule has 6 nitrogen and oxygen atoms in total. The molecule has 1 rings (SSSR count). The molecule has 0 atom stereocenters. The van der Waals surface area contributed by atoms with E-state index in [1.807, 2.05) is 0 Å². The largest absolute Gasteiger partial charge is 0.481 e. The van der Waals surface area contributed by atoms with Crippen LogP contribution in [0.15, 0.2) is 12.1 Å². The highest BCUT2D eigenvalue weighted by Gasteiger charge is 2.27. The molecule has 17 heavy (non-hydrogen) atoms. The molecule has 0 unspecified atom stereocenters. The SMILES string of the molecule is CC(C)(CNC(=O)c1ccc(Cl)nn1)C(=O)O. The molecule has 2 N–H and O–H groups in total. The number of hydrogen-bond donors (Lipinski definition) is 2. The number of carboxylic acids is 1. The minimum absolute atomic E-state index is 0.00543. The third-order valence-electron chi connectivity index (χ3n) is 2.13. The van der Waals surface area contributed by atoms with Crippen molar-refractivity contribution in [1.29, 1.82) is 0 Å². The zero-order chi connectivity index (χ0) is 13.1. The van der Waals surface area contributed by atoms with Gasteiger partial charge in [0.2, 0.25) is 0 Å². The van der Waals surface area contributed by atoms with Gasteiger partial charge in [0.05, 0.1) is 5.41 Å². The van der Waals surface area contributed by atoms with Crippen molar-refractivity contribution in [3.8, 4) is 0 Å². The van der Waals surface area contributed by atoms with Crippen LogP contribution < -0.4 is 5.32 Å². The molecule has 0 bridgehead atoms. The molecular weight excluding hydrogens is 246 g/mol. The molecule has 1 amide bonds. The van der Waals surface area contributed by atoms with Gasteiger partial charge in [-0.05, 0) is 26.0 Å². The monoisotopic (exact) mass is 257 g/mol. The van der Waals surface area contributed by atoms with Crippen molar-refractivity contribution in [1.82, 2.24) is 15.5 Å². The van der Waals surface area contributed by atoms with Crippen LogP contribution in [0.2, 0.25) is 5.15 Å². The molecule has 0 aromatic carbocycles. The van der Waals surface area contributed by atoms with E-state index >= 15 is 0 Å². The van der Waals surface area contributed by atoms with Crippen LogP contribution in [0.25, 0.3) is 0 Å². The summed E-state index contributed by atoms with van der Waals surface area (Å²) in [6.45, 7) is 3.04. The van der Waals surface area contributed by atoms with E-state index < -0.39 is 17.3 Å². The van der Waals surface area contributed by atoms with Gasteiger partial charge in [0.15, 0.2) is 10.8 Å². The summed E-state index contributed by atoms with van der Waals surface area (Å²) in [7, 11) is 0. The van der Waals surface area contributed by atoms with Crippen molar-refractivity contribution in [3.63, 3.8) is 0 Å².